The Morgan fingerprint density at radius 1 is 1.15 bits per heavy atom. The molecule has 7 nitrogen and oxygen atoms in total. The van der Waals surface area contributed by atoms with Crippen LogP contribution >= 0.6 is 0 Å². The maximum Gasteiger partial charge on any atom is 0.330 e. The fourth-order valence-corrected chi connectivity index (χ4v) is 2.50. The third-order valence-corrected chi connectivity index (χ3v) is 3.93. The van der Waals surface area contributed by atoms with Gasteiger partial charge in [0.25, 0.3) is 5.91 Å². The maximum absolute atomic E-state index is 13.0. The Hall–Kier alpha value is -3.68. The average Bonchev–Trinajstić information content (AvgIpc) is 3.17. The summed E-state index contributed by atoms with van der Waals surface area (Å²) in [6.07, 6.45) is 0. The fourth-order valence-electron chi connectivity index (χ4n) is 2.50. The van der Waals surface area contributed by atoms with Gasteiger partial charge < -0.3 is 15.2 Å². The van der Waals surface area contributed by atoms with E-state index in [0.717, 1.165) is 17.7 Å². The first-order valence-corrected chi connectivity index (χ1v) is 7.97. The largest absolute Gasteiger partial charge is 0.497 e. The fraction of sp³-hybridized carbons (Fsp3) is 0.105. The number of ether oxygens (including phenoxy) is 1. The van der Waals surface area contributed by atoms with E-state index in [9.17, 15) is 19.1 Å². The molecule has 27 heavy (non-hydrogen) atoms. The highest BCUT2D eigenvalue weighted by atomic mass is 19.1. The Labute approximate surface area is 153 Å². The third kappa shape index (κ3) is 4.12. The number of nitrogens with one attached hydrogen (secondary N) is 2. The molecule has 3 N–H and O–H groups in total. The minimum Gasteiger partial charge on any atom is -0.497 e. The van der Waals surface area contributed by atoms with Crippen molar-refractivity contribution in [1.29, 1.82) is 0 Å². The third-order valence-electron chi connectivity index (χ3n) is 3.93. The number of carbonyl (C=O) groups excluding carboxylic acids is 1. The quantitative estimate of drug-likeness (QED) is 0.620. The van der Waals surface area contributed by atoms with Gasteiger partial charge in [-0.3, -0.25) is 9.89 Å². The van der Waals surface area contributed by atoms with Gasteiger partial charge in [0.05, 0.1) is 12.8 Å². The van der Waals surface area contributed by atoms with Crippen LogP contribution in [0.15, 0.2) is 54.6 Å². The molecule has 0 aliphatic rings. The predicted molar refractivity (Wildman–Crippen MR) is 94.8 cm³/mol. The number of carbonyl (C=O) groups is 2. The molecule has 0 bridgehead atoms. The number of H-pyrrole nitrogens is 1. The number of amides is 1. The first-order chi connectivity index (χ1) is 13.0. The lowest BCUT2D eigenvalue weighted by atomic mass is 10.1. The molecule has 0 saturated carbocycles. The van der Waals surface area contributed by atoms with Crippen LogP contribution in [-0.4, -0.2) is 34.3 Å². The zero-order valence-corrected chi connectivity index (χ0v) is 14.3. The minimum absolute atomic E-state index is 0.106. The zero-order valence-electron chi connectivity index (χ0n) is 14.3. The van der Waals surface area contributed by atoms with E-state index in [-0.39, 0.29) is 11.3 Å². The van der Waals surface area contributed by atoms with Crippen molar-refractivity contribution in [1.82, 2.24) is 15.5 Å². The molecular weight excluding hydrogens is 353 g/mol. The van der Waals surface area contributed by atoms with Gasteiger partial charge in [0, 0.05) is 5.56 Å². The van der Waals surface area contributed by atoms with Gasteiger partial charge >= 0.3 is 5.97 Å². The maximum atomic E-state index is 13.0. The van der Waals surface area contributed by atoms with Gasteiger partial charge in [0.15, 0.2) is 6.04 Å². The lowest BCUT2D eigenvalue weighted by Crippen LogP contribution is -2.34. The number of aliphatic carboxylic acids is 1. The van der Waals surface area contributed by atoms with Crippen LogP contribution in [0.2, 0.25) is 0 Å². The second kappa shape index (κ2) is 7.69. The monoisotopic (exact) mass is 369 g/mol. The molecule has 0 fully saturated rings. The number of methoxy groups -OCH3 is 1. The van der Waals surface area contributed by atoms with Gasteiger partial charge in [-0.2, -0.15) is 5.10 Å². The highest BCUT2D eigenvalue weighted by Crippen LogP contribution is 2.21. The second-order valence-electron chi connectivity index (χ2n) is 5.69. The van der Waals surface area contributed by atoms with Crippen LogP contribution in [0.25, 0.3) is 11.3 Å². The molecule has 0 radical (unpaired) electrons. The molecule has 1 aromatic heterocycles. The molecule has 8 heteroatoms. The van der Waals surface area contributed by atoms with E-state index < -0.39 is 23.7 Å². The molecule has 1 heterocycles. The van der Waals surface area contributed by atoms with Crippen molar-refractivity contribution in [3.63, 3.8) is 0 Å². The summed E-state index contributed by atoms with van der Waals surface area (Å²) < 4.78 is 18.1. The number of carboxylic acids is 1. The Morgan fingerprint density at radius 3 is 2.41 bits per heavy atom. The Bertz CT molecular complexity index is 952. The lowest BCUT2D eigenvalue weighted by Gasteiger charge is -2.14. The molecular formula is C19H16FN3O4. The first-order valence-electron chi connectivity index (χ1n) is 7.97. The SMILES string of the molecule is COc1ccc(-c2cc(C(=O)N[C@H](C(=O)O)c3ccc(F)cc3)[nH]n2)cc1. The summed E-state index contributed by atoms with van der Waals surface area (Å²) in [7, 11) is 1.56. The van der Waals surface area contributed by atoms with Gasteiger partial charge in [-0.15, -0.1) is 0 Å². The molecule has 1 atom stereocenters. The van der Waals surface area contributed by atoms with E-state index in [4.69, 9.17) is 4.74 Å². The van der Waals surface area contributed by atoms with Crippen LogP contribution in [0.4, 0.5) is 4.39 Å². The van der Waals surface area contributed by atoms with Crippen molar-refractivity contribution in [2.75, 3.05) is 7.11 Å². The van der Waals surface area contributed by atoms with Crippen LogP contribution in [-0.2, 0) is 4.79 Å². The molecule has 0 aliphatic carbocycles. The summed E-state index contributed by atoms with van der Waals surface area (Å²) in [6, 6.07) is 12.2. The van der Waals surface area contributed by atoms with E-state index in [2.05, 4.69) is 15.5 Å². The molecule has 0 unspecified atom stereocenters. The smallest absolute Gasteiger partial charge is 0.330 e. The van der Waals surface area contributed by atoms with Crippen molar-refractivity contribution < 1.29 is 23.8 Å². The van der Waals surface area contributed by atoms with Gasteiger partial charge in [-0.25, -0.2) is 9.18 Å². The average molecular weight is 369 g/mol. The first kappa shape index (κ1) is 18.1. The number of hydrogen-bond acceptors (Lipinski definition) is 4. The van der Waals surface area contributed by atoms with Crippen molar-refractivity contribution in [3.8, 4) is 17.0 Å². The summed E-state index contributed by atoms with van der Waals surface area (Å²) in [5.41, 5.74) is 1.65. The molecule has 3 rings (SSSR count). The van der Waals surface area contributed by atoms with Gasteiger partial charge in [0.1, 0.15) is 17.3 Å². The van der Waals surface area contributed by atoms with E-state index in [1.807, 2.05) is 0 Å². The van der Waals surface area contributed by atoms with Crippen molar-refractivity contribution in [2.24, 2.45) is 0 Å². The summed E-state index contributed by atoms with van der Waals surface area (Å²) in [5.74, 6) is -1.70. The summed E-state index contributed by atoms with van der Waals surface area (Å²) >= 11 is 0. The van der Waals surface area contributed by atoms with Crippen LogP contribution < -0.4 is 10.1 Å². The summed E-state index contributed by atoms with van der Waals surface area (Å²) in [5, 5.41) is 18.4. The Morgan fingerprint density at radius 2 is 1.81 bits per heavy atom. The van der Waals surface area contributed by atoms with E-state index in [1.165, 1.54) is 18.2 Å². The molecule has 138 valence electrons. The van der Waals surface area contributed by atoms with Gasteiger partial charge in [0.2, 0.25) is 0 Å². The zero-order chi connectivity index (χ0) is 19.4. The van der Waals surface area contributed by atoms with Crippen LogP contribution in [0.3, 0.4) is 0 Å². The standard InChI is InChI=1S/C19H16FN3O4/c1-27-14-8-4-11(5-9-14)15-10-16(23-22-15)18(24)21-17(19(25)26)12-2-6-13(20)7-3-12/h2-10,17H,1H3,(H,21,24)(H,22,23)(H,25,26)/t17-/m0/s1. The number of aromatic nitrogens is 2. The van der Waals surface area contributed by atoms with Gasteiger partial charge in [-0.1, -0.05) is 12.1 Å². The number of aromatic amines is 1. The van der Waals surface area contributed by atoms with E-state index >= 15 is 0 Å². The number of benzene rings is 2. The van der Waals surface area contributed by atoms with Crippen LogP contribution in [0, 0.1) is 5.82 Å². The molecule has 0 aliphatic heterocycles. The molecule has 0 spiro atoms. The van der Waals surface area contributed by atoms with E-state index in [1.54, 1.807) is 31.4 Å². The van der Waals surface area contributed by atoms with E-state index in [0.29, 0.717) is 11.4 Å². The summed E-state index contributed by atoms with van der Waals surface area (Å²) in [4.78, 5) is 23.9. The molecule has 3 aromatic rings. The summed E-state index contributed by atoms with van der Waals surface area (Å²) in [6.45, 7) is 0. The highest BCUT2D eigenvalue weighted by Gasteiger charge is 2.23. The Balaban J connectivity index is 1.77. The molecule has 2 aromatic carbocycles. The normalized spacial score (nSPS) is 11.6. The number of carboxylic acid groups (broad SMARTS) is 1. The minimum atomic E-state index is -1.31. The molecule has 1 amide bonds. The second-order valence-corrected chi connectivity index (χ2v) is 5.69. The number of hydrogen-bond donors (Lipinski definition) is 3. The lowest BCUT2D eigenvalue weighted by molar-refractivity contribution is -0.139. The number of rotatable bonds is 6. The van der Waals surface area contributed by atoms with Crippen molar-refractivity contribution in [2.45, 2.75) is 6.04 Å². The van der Waals surface area contributed by atoms with Crippen LogP contribution in [0.5, 0.6) is 5.75 Å². The van der Waals surface area contributed by atoms with Crippen molar-refractivity contribution >= 4 is 11.9 Å². The molecule has 0 saturated heterocycles. The topological polar surface area (TPSA) is 104 Å². The number of nitrogens with zero attached hydrogens (tertiary/aromatic N) is 1. The predicted octanol–water partition coefficient (Wildman–Crippen LogP) is 2.78. The van der Waals surface area contributed by atoms with Crippen LogP contribution in [0.1, 0.15) is 22.1 Å². The van der Waals surface area contributed by atoms with Crippen molar-refractivity contribution in [3.05, 3.63) is 71.7 Å². The van der Waals surface area contributed by atoms with Gasteiger partial charge in [-0.05, 0) is 48.0 Å². The Kier molecular flexibility index (Phi) is 5.16. The number of halogens is 1. The highest BCUT2D eigenvalue weighted by molar-refractivity contribution is 5.96.